The van der Waals surface area contributed by atoms with Crippen molar-refractivity contribution in [3.8, 4) is 0 Å². The van der Waals surface area contributed by atoms with Crippen LogP contribution in [0.3, 0.4) is 0 Å². The van der Waals surface area contributed by atoms with Crippen molar-refractivity contribution in [2.75, 3.05) is 0 Å². The highest BCUT2D eigenvalue weighted by Crippen LogP contribution is 2.19. The maximum absolute atomic E-state index is 9.21. The highest BCUT2D eigenvalue weighted by atomic mass is 16.5. The molecule has 0 saturated carbocycles. The molecule has 0 aromatic heterocycles. The summed E-state index contributed by atoms with van der Waals surface area (Å²) in [7, 11) is 0. The zero-order valence-corrected chi connectivity index (χ0v) is 6.64. The summed E-state index contributed by atoms with van der Waals surface area (Å²) in [6, 6.07) is 0. The Bertz CT molecular complexity index is 124. The van der Waals surface area contributed by atoms with E-state index >= 15 is 0 Å². The van der Waals surface area contributed by atoms with Crippen LogP contribution in [0.25, 0.3) is 0 Å². The van der Waals surface area contributed by atoms with Gasteiger partial charge in [-0.3, -0.25) is 0 Å². The van der Waals surface area contributed by atoms with E-state index < -0.39 is 30.5 Å². The molecule has 4 nitrogen and oxygen atoms in total. The molecule has 1 aliphatic rings. The molecule has 1 saturated heterocycles. The van der Waals surface area contributed by atoms with Crippen LogP contribution >= 0.6 is 0 Å². The second-order valence-electron chi connectivity index (χ2n) is 3.02. The van der Waals surface area contributed by atoms with E-state index in [1.165, 1.54) is 0 Å². The van der Waals surface area contributed by atoms with Crippen molar-refractivity contribution < 1.29 is 20.1 Å². The molecule has 11 heavy (non-hydrogen) atoms. The third-order valence-corrected chi connectivity index (χ3v) is 2.09. The number of aliphatic hydroxyl groups is 3. The molecule has 0 spiro atoms. The molecule has 1 aliphatic heterocycles. The van der Waals surface area contributed by atoms with Gasteiger partial charge >= 0.3 is 0 Å². The Labute approximate surface area is 65.4 Å². The van der Waals surface area contributed by atoms with E-state index in [4.69, 9.17) is 4.74 Å². The average molecular weight is 162 g/mol. The van der Waals surface area contributed by atoms with E-state index in [0.717, 1.165) is 0 Å². The lowest BCUT2D eigenvalue weighted by Gasteiger charge is -2.37. The van der Waals surface area contributed by atoms with E-state index in [2.05, 4.69) is 0 Å². The average Bonchev–Trinajstić information content (AvgIpc) is 1.97. The molecule has 0 radical (unpaired) electrons. The smallest absolute Gasteiger partial charge is 0.111 e. The van der Waals surface area contributed by atoms with Crippen LogP contribution in [-0.2, 0) is 4.74 Å². The van der Waals surface area contributed by atoms with Gasteiger partial charge in [-0.1, -0.05) is 0 Å². The molecule has 0 amide bonds. The van der Waals surface area contributed by atoms with Crippen LogP contribution in [0.4, 0.5) is 0 Å². The molecule has 0 aromatic carbocycles. The first-order chi connectivity index (χ1) is 5.04. The van der Waals surface area contributed by atoms with Crippen molar-refractivity contribution in [2.24, 2.45) is 0 Å². The monoisotopic (exact) mass is 162 g/mol. The van der Waals surface area contributed by atoms with Gasteiger partial charge in [0.05, 0.1) is 12.2 Å². The van der Waals surface area contributed by atoms with Gasteiger partial charge in [0.1, 0.15) is 18.3 Å². The van der Waals surface area contributed by atoms with Crippen LogP contribution in [0.1, 0.15) is 13.8 Å². The number of ether oxygens (including phenoxy) is 1. The Hall–Kier alpha value is -0.160. The minimum atomic E-state index is -1.09. The first-order valence-electron chi connectivity index (χ1n) is 3.73. The van der Waals surface area contributed by atoms with Crippen LogP contribution in [0, 0.1) is 0 Å². The first kappa shape index (κ1) is 8.93. The Morgan fingerprint density at radius 3 is 1.55 bits per heavy atom. The molecule has 1 unspecified atom stereocenters. The molecule has 0 aliphatic carbocycles. The van der Waals surface area contributed by atoms with Gasteiger partial charge in [0, 0.05) is 0 Å². The Kier molecular flexibility index (Phi) is 2.49. The fourth-order valence-electron chi connectivity index (χ4n) is 1.26. The van der Waals surface area contributed by atoms with Gasteiger partial charge in [-0.05, 0) is 13.8 Å². The van der Waals surface area contributed by atoms with Gasteiger partial charge in [0.25, 0.3) is 0 Å². The predicted molar refractivity (Wildman–Crippen MR) is 38.0 cm³/mol. The summed E-state index contributed by atoms with van der Waals surface area (Å²) < 4.78 is 5.12. The zero-order chi connectivity index (χ0) is 8.59. The summed E-state index contributed by atoms with van der Waals surface area (Å²) in [5.74, 6) is 0. The van der Waals surface area contributed by atoms with Gasteiger partial charge in [-0.15, -0.1) is 0 Å². The number of hydrogen-bond acceptors (Lipinski definition) is 4. The van der Waals surface area contributed by atoms with Gasteiger partial charge in [-0.2, -0.15) is 0 Å². The summed E-state index contributed by atoms with van der Waals surface area (Å²) in [5.41, 5.74) is 0. The fraction of sp³-hybridized carbons (Fsp3) is 1.00. The first-order valence-corrected chi connectivity index (χ1v) is 3.73. The van der Waals surface area contributed by atoms with E-state index in [9.17, 15) is 15.3 Å². The fourth-order valence-corrected chi connectivity index (χ4v) is 1.26. The summed E-state index contributed by atoms with van der Waals surface area (Å²) in [6.07, 6.45) is -3.89. The summed E-state index contributed by atoms with van der Waals surface area (Å²) in [5, 5.41) is 27.6. The maximum atomic E-state index is 9.21. The third kappa shape index (κ3) is 1.54. The number of hydrogen-bond donors (Lipinski definition) is 3. The topological polar surface area (TPSA) is 69.9 Å². The van der Waals surface area contributed by atoms with Crippen molar-refractivity contribution in [3.63, 3.8) is 0 Å². The normalized spacial score (nSPS) is 52.6. The summed E-state index contributed by atoms with van der Waals surface area (Å²) in [4.78, 5) is 0. The predicted octanol–water partition coefficient (Wildman–Crippen LogP) is -1.12. The Balaban J connectivity index is 2.63. The van der Waals surface area contributed by atoms with E-state index in [1.54, 1.807) is 13.8 Å². The molecular weight excluding hydrogens is 148 g/mol. The lowest BCUT2D eigenvalue weighted by Crippen LogP contribution is -2.55. The molecule has 1 fully saturated rings. The standard InChI is InChI=1S/C7H14O4/c1-3-5(8)7(10)6(9)4(2)11-3/h3-10H,1-2H3/t3-,4?,5+,6+,7+/m0/s1. The molecule has 0 bridgehead atoms. The number of aliphatic hydroxyl groups excluding tert-OH is 3. The molecular formula is C7H14O4. The second-order valence-corrected chi connectivity index (χ2v) is 3.02. The third-order valence-electron chi connectivity index (χ3n) is 2.09. The summed E-state index contributed by atoms with van der Waals surface area (Å²) >= 11 is 0. The minimum Gasteiger partial charge on any atom is -0.388 e. The molecule has 0 aromatic rings. The van der Waals surface area contributed by atoms with Gasteiger partial charge in [0.2, 0.25) is 0 Å². The maximum Gasteiger partial charge on any atom is 0.111 e. The van der Waals surface area contributed by atoms with Crippen LogP contribution in [0.15, 0.2) is 0 Å². The van der Waals surface area contributed by atoms with Crippen LogP contribution < -0.4 is 0 Å². The quantitative estimate of drug-likeness (QED) is 0.422. The highest BCUT2D eigenvalue weighted by molar-refractivity contribution is 4.88. The van der Waals surface area contributed by atoms with Crippen molar-refractivity contribution in [1.29, 1.82) is 0 Å². The lowest BCUT2D eigenvalue weighted by molar-refractivity contribution is -0.211. The SMILES string of the molecule is CC1O[C@@H](C)[C@@H](O)[C@@H](O)[C@@H]1O. The van der Waals surface area contributed by atoms with Gasteiger partial charge in [-0.25, -0.2) is 0 Å². The van der Waals surface area contributed by atoms with Gasteiger partial charge in [0.15, 0.2) is 0 Å². The lowest BCUT2D eigenvalue weighted by atomic mass is 9.97. The van der Waals surface area contributed by atoms with Crippen LogP contribution in [-0.4, -0.2) is 45.8 Å². The van der Waals surface area contributed by atoms with Crippen LogP contribution in [0.5, 0.6) is 0 Å². The molecule has 5 atom stereocenters. The van der Waals surface area contributed by atoms with Crippen molar-refractivity contribution in [3.05, 3.63) is 0 Å². The highest BCUT2D eigenvalue weighted by Gasteiger charge is 2.39. The second kappa shape index (κ2) is 3.06. The van der Waals surface area contributed by atoms with Crippen LogP contribution in [0.2, 0.25) is 0 Å². The van der Waals surface area contributed by atoms with E-state index in [-0.39, 0.29) is 0 Å². The number of rotatable bonds is 0. The zero-order valence-electron chi connectivity index (χ0n) is 6.64. The molecule has 3 N–H and O–H groups in total. The van der Waals surface area contributed by atoms with Crippen molar-refractivity contribution in [2.45, 2.75) is 44.4 Å². The molecule has 1 heterocycles. The van der Waals surface area contributed by atoms with Gasteiger partial charge < -0.3 is 20.1 Å². The van der Waals surface area contributed by atoms with E-state index in [1.807, 2.05) is 0 Å². The van der Waals surface area contributed by atoms with Crippen molar-refractivity contribution >= 4 is 0 Å². The van der Waals surface area contributed by atoms with E-state index in [0.29, 0.717) is 0 Å². The molecule has 66 valence electrons. The largest absolute Gasteiger partial charge is 0.388 e. The minimum absolute atomic E-state index is 0.414. The molecule has 4 heteroatoms. The Morgan fingerprint density at radius 1 is 0.818 bits per heavy atom. The Morgan fingerprint density at radius 2 is 1.18 bits per heavy atom. The van der Waals surface area contributed by atoms with Crippen molar-refractivity contribution in [1.82, 2.24) is 0 Å². The summed E-state index contributed by atoms with van der Waals surface area (Å²) in [6.45, 7) is 3.33. The molecule has 1 rings (SSSR count).